The number of ether oxygens (including phenoxy) is 2. The zero-order valence-electron chi connectivity index (χ0n) is 12.9. The highest BCUT2D eigenvalue weighted by molar-refractivity contribution is 7.09. The Morgan fingerprint density at radius 2 is 1.78 bits per heavy atom. The highest BCUT2D eigenvalue weighted by Crippen LogP contribution is 2.28. The van der Waals surface area contributed by atoms with Crippen molar-refractivity contribution in [1.29, 1.82) is 0 Å². The largest absolute Gasteiger partial charge is 0.493 e. The van der Waals surface area contributed by atoms with Gasteiger partial charge in [-0.15, -0.1) is 0 Å². The summed E-state index contributed by atoms with van der Waals surface area (Å²) in [5.41, 5.74) is 2.14. The Hall–Kier alpha value is -2.60. The molecule has 0 bridgehead atoms. The van der Waals surface area contributed by atoms with Gasteiger partial charge in [-0.05, 0) is 29.2 Å². The topological polar surface area (TPSA) is 56.3 Å². The summed E-state index contributed by atoms with van der Waals surface area (Å²) in [5, 5.41) is 4.13. The fraction of sp³-hybridized carbons (Fsp3) is 0.176. The van der Waals surface area contributed by atoms with Gasteiger partial charge in [0.05, 0.1) is 14.2 Å². The molecule has 0 spiro atoms. The third-order valence-corrected chi connectivity index (χ3v) is 4.11. The van der Waals surface area contributed by atoms with Crippen LogP contribution < -0.4 is 14.8 Å². The van der Waals surface area contributed by atoms with E-state index in [2.05, 4.69) is 14.7 Å². The molecule has 0 aliphatic carbocycles. The van der Waals surface area contributed by atoms with Gasteiger partial charge in [0.1, 0.15) is 5.01 Å². The van der Waals surface area contributed by atoms with Gasteiger partial charge in [-0.3, -0.25) is 0 Å². The smallest absolute Gasteiger partial charge is 0.235 e. The molecular formula is C17H17N3O2S. The minimum absolute atomic E-state index is 0.616. The van der Waals surface area contributed by atoms with Crippen LogP contribution >= 0.6 is 11.5 Å². The van der Waals surface area contributed by atoms with Crippen LogP contribution in [-0.2, 0) is 6.54 Å². The minimum atomic E-state index is 0.616. The molecule has 0 amide bonds. The zero-order chi connectivity index (χ0) is 16.1. The molecule has 1 heterocycles. The van der Waals surface area contributed by atoms with Crippen LogP contribution in [0, 0.1) is 0 Å². The van der Waals surface area contributed by atoms with Crippen molar-refractivity contribution in [2.45, 2.75) is 6.54 Å². The molecule has 3 rings (SSSR count). The first-order valence-electron chi connectivity index (χ1n) is 7.14. The third-order valence-electron chi connectivity index (χ3n) is 3.35. The monoisotopic (exact) mass is 327 g/mol. The van der Waals surface area contributed by atoms with Gasteiger partial charge >= 0.3 is 0 Å². The van der Waals surface area contributed by atoms with E-state index >= 15 is 0 Å². The van der Waals surface area contributed by atoms with Crippen LogP contribution in [0.25, 0.3) is 10.6 Å². The molecule has 0 saturated heterocycles. The Morgan fingerprint density at radius 1 is 1.00 bits per heavy atom. The molecule has 3 aromatic rings. The number of methoxy groups -OCH3 is 2. The second-order valence-corrected chi connectivity index (χ2v) is 5.58. The van der Waals surface area contributed by atoms with Crippen LogP contribution in [0.4, 0.5) is 5.95 Å². The standard InChI is InChI=1S/C17H17N3O2S/c1-21-14-9-8-12(10-15(14)22-2)11-18-17-19-16(23-20-17)13-6-4-3-5-7-13/h3-10H,11H2,1-2H3,(H,18,20). The summed E-state index contributed by atoms with van der Waals surface area (Å²) in [6, 6.07) is 15.8. The summed E-state index contributed by atoms with van der Waals surface area (Å²) in [4.78, 5) is 4.51. The van der Waals surface area contributed by atoms with Gasteiger partial charge in [-0.25, -0.2) is 0 Å². The summed E-state index contributed by atoms with van der Waals surface area (Å²) in [6.45, 7) is 0.616. The van der Waals surface area contributed by atoms with E-state index in [4.69, 9.17) is 9.47 Å². The van der Waals surface area contributed by atoms with E-state index in [1.165, 1.54) is 11.5 Å². The summed E-state index contributed by atoms with van der Waals surface area (Å²) in [7, 11) is 3.25. The van der Waals surface area contributed by atoms with Crippen LogP contribution in [0.1, 0.15) is 5.56 Å². The minimum Gasteiger partial charge on any atom is -0.493 e. The van der Waals surface area contributed by atoms with Crippen LogP contribution in [0.15, 0.2) is 48.5 Å². The molecule has 0 unspecified atom stereocenters. The number of hydrogen-bond donors (Lipinski definition) is 1. The number of aromatic nitrogens is 2. The van der Waals surface area contributed by atoms with E-state index in [1.807, 2.05) is 48.5 Å². The molecular weight excluding hydrogens is 310 g/mol. The fourth-order valence-electron chi connectivity index (χ4n) is 2.16. The molecule has 0 aliphatic heterocycles. The molecule has 0 atom stereocenters. The fourth-order valence-corrected chi connectivity index (χ4v) is 2.81. The summed E-state index contributed by atoms with van der Waals surface area (Å²) in [5.74, 6) is 2.06. The van der Waals surface area contributed by atoms with Crippen molar-refractivity contribution in [2.24, 2.45) is 0 Å². The van der Waals surface area contributed by atoms with Crippen molar-refractivity contribution in [3.8, 4) is 22.1 Å². The first kappa shape index (κ1) is 15.3. The second-order valence-electron chi connectivity index (χ2n) is 4.83. The van der Waals surface area contributed by atoms with Crippen molar-refractivity contribution in [3.63, 3.8) is 0 Å². The highest BCUT2D eigenvalue weighted by Gasteiger charge is 2.07. The van der Waals surface area contributed by atoms with Gasteiger partial charge in [0.2, 0.25) is 5.95 Å². The van der Waals surface area contributed by atoms with Gasteiger partial charge in [-0.2, -0.15) is 9.36 Å². The predicted octanol–water partition coefficient (Wildman–Crippen LogP) is 3.83. The van der Waals surface area contributed by atoms with Gasteiger partial charge in [-0.1, -0.05) is 36.4 Å². The maximum atomic E-state index is 5.31. The highest BCUT2D eigenvalue weighted by atomic mass is 32.1. The van der Waals surface area contributed by atoms with Gasteiger partial charge < -0.3 is 14.8 Å². The second kappa shape index (κ2) is 7.11. The van der Waals surface area contributed by atoms with Crippen molar-refractivity contribution in [3.05, 3.63) is 54.1 Å². The Bertz CT molecular complexity index is 775. The molecule has 118 valence electrons. The van der Waals surface area contributed by atoms with E-state index in [0.717, 1.165) is 21.9 Å². The van der Waals surface area contributed by atoms with Crippen LogP contribution in [0.3, 0.4) is 0 Å². The van der Waals surface area contributed by atoms with E-state index in [0.29, 0.717) is 18.2 Å². The molecule has 2 aromatic carbocycles. The van der Waals surface area contributed by atoms with Crippen molar-refractivity contribution < 1.29 is 9.47 Å². The number of nitrogens with one attached hydrogen (secondary N) is 1. The zero-order valence-corrected chi connectivity index (χ0v) is 13.8. The molecule has 0 saturated carbocycles. The van der Waals surface area contributed by atoms with Crippen molar-refractivity contribution in [1.82, 2.24) is 9.36 Å². The lowest BCUT2D eigenvalue weighted by Crippen LogP contribution is -2.01. The first-order chi connectivity index (χ1) is 11.3. The summed E-state index contributed by atoms with van der Waals surface area (Å²) in [6.07, 6.45) is 0. The normalized spacial score (nSPS) is 10.3. The van der Waals surface area contributed by atoms with E-state index in [1.54, 1.807) is 14.2 Å². The Labute approximate surface area is 139 Å². The Morgan fingerprint density at radius 3 is 2.52 bits per heavy atom. The van der Waals surface area contributed by atoms with Crippen LogP contribution in [0.5, 0.6) is 11.5 Å². The Kier molecular flexibility index (Phi) is 4.73. The van der Waals surface area contributed by atoms with Crippen molar-refractivity contribution in [2.75, 3.05) is 19.5 Å². The lowest BCUT2D eigenvalue weighted by Gasteiger charge is -2.09. The number of nitrogens with zero attached hydrogens (tertiary/aromatic N) is 2. The van der Waals surface area contributed by atoms with Crippen molar-refractivity contribution >= 4 is 17.5 Å². The molecule has 5 nitrogen and oxygen atoms in total. The van der Waals surface area contributed by atoms with Gasteiger partial charge in [0.15, 0.2) is 11.5 Å². The summed E-state index contributed by atoms with van der Waals surface area (Å²) < 4.78 is 14.9. The summed E-state index contributed by atoms with van der Waals surface area (Å²) >= 11 is 1.38. The van der Waals surface area contributed by atoms with E-state index in [-0.39, 0.29) is 0 Å². The molecule has 0 radical (unpaired) electrons. The lowest BCUT2D eigenvalue weighted by molar-refractivity contribution is 0.354. The number of anilines is 1. The average molecular weight is 327 g/mol. The molecule has 23 heavy (non-hydrogen) atoms. The average Bonchev–Trinajstić information content (AvgIpc) is 3.09. The predicted molar refractivity (Wildman–Crippen MR) is 92.2 cm³/mol. The van der Waals surface area contributed by atoms with E-state index < -0.39 is 0 Å². The number of benzene rings is 2. The maximum absolute atomic E-state index is 5.31. The molecule has 6 heteroatoms. The molecule has 1 N–H and O–H groups in total. The SMILES string of the molecule is COc1ccc(CNc2nsc(-c3ccccc3)n2)cc1OC. The Balaban J connectivity index is 1.68. The van der Waals surface area contributed by atoms with Crippen LogP contribution in [-0.4, -0.2) is 23.6 Å². The quantitative estimate of drug-likeness (QED) is 0.745. The maximum Gasteiger partial charge on any atom is 0.235 e. The van der Waals surface area contributed by atoms with Gasteiger partial charge in [0.25, 0.3) is 0 Å². The molecule has 0 fully saturated rings. The molecule has 1 aromatic heterocycles. The third kappa shape index (κ3) is 3.60. The number of hydrogen-bond acceptors (Lipinski definition) is 6. The number of rotatable bonds is 6. The van der Waals surface area contributed by atoms with E-state index in [9.17, 15) is 0 Å². The van der Waals surface area contributed by atoms with Gasteiger partial charge in [0, 0.05) is 12.1 Å². The first-order valence-corrected chi connectivity index (χ1v) is 7.91. The van der Waals surface area contributed by atoms with Crippen LogP contribution in [0.2, 0.25) is 0 Å². The molecule has 0 aliphatic rings. The lowest BCUT2D eigenvalue weighted by atomic mass is 10.2.